The van der Waals surface area contributed by atoms with Gasteiger partial charge in [0.25, 0.3) is 0 Å². The Labute approximate surface area is 302 Å². The van der Waals surface area contributed by atoms with Gasteiger partial charge in [-0.2, -0.15) is 0 Å². The molecule has 0 amide bonds. The molecule has 0 atom stereocenters. The third-order valence-corrected chi connectivity index (χ3v) is 9.94. The molecule has 1 aliphatic heterocycles. The average molecular weight is 665 g/mol. The van der Waals surface area contributed by atoms with Gasteiger partial charge in [0, 0.05) is 44.4 Å². The maximum atomic E-state index is 5.16. The first-order valence-electron chi connectivity index (χ1n) is 17.6. The zero-order chi connectivity index (χ0) is 34.4. The Morgan fingerprint density at radius 3 is 1.85 bits per heavy atom. The molecular formula is C48H32N4. The first kappa shape index (κ1) is 29.8. The molecule has 0 fully saturated rings. The number of nitrogens with zero attached hydrogens (tertiary/aromatic N) is 4. The van der Waals surface area contributed by atoms with Crippen molar-refractivity contribution in [3.63, 3.8) is 0 Å². The van der Waals surface area contributed by atoms with E-state index in [-0.39, 0.29) is 0 Å². The number of para-hydroxylation sites is 3. The largest absolute Gasteiger partial charge is 0.309 e. The van der Waals surface area contributed by atoms with E-state index in [0.717, 1.165) is 56.3 Å². The smallest absolute Gasteiger partial charge is 0.160 e. The van der Waals surface area contributed by atoms with E-state index in [1.54, 1.807) is 0 Å². The summed E-state index contributed by atoms with van der Waals surface area (Å²) in [6.45, 7) is 0. The van der Waals surface area contributed by atoms with E-state index in [2.05, 4.69) is 179 Å². The molecule has 0 spiro atoms. The van der Waals surface area contributed by atoms with Crippen LogP contribution in [0.4, 0.5) is 17.1 Å². The minimum Gasteiger partial charge on any atom is -0.309 e. The van der Waals surface area contributed by atoms with E-state index >= 15 is 0 Å². The van der Waals surface area contributed by atoms with Crippen molar-refractivity contribution in [1.82, 2.24) is 14.5 Å². The molecule has 0 bridgehead atoms. The number of fused-ring (bicyclic) bond motifs is 6. The molecule has 2 aromatic heterocycles. The minimum absolute atomic E-state index is 0.704. The highest BCUT2D eigenvalue weighted by atomic mass is 15.2. The number of anilines is 3. The van der Waals surface area contributed by atoms with Gasteiger partial charge in [0.15, 0.2) is 5.82 Å². The molecule has 244 valence electrons. The van der Waals surface area contributed by atoms with Gasteiger partial charge in [0.1, 0.15) is 0 Å². The summed E-state index contributed by atoms with van der Waals surface area (Å²) >= 11 is 0. The zero-order valence-corrected chi connectivity index (χ0v) is 28.3. The Morgan fingerprint density at radius 2 is 1.04 bits per heavy atom. The van der Waals surface area contributed by atoms with Crippen LogP contribution in [0.2, 0.25) is 0 Å². The zero-order valence-electron chi connectivity index (χ0n) is 28.3. The fourth-order valence-electron chi connectivity index (χ4n) is 7.56. The molecule has 9 aromatic rings. The van der Waals surface area contributed by atoms with Gasteiger partial charge in [-0.3, -0.25) is 0 Å². The first-order valence-corrected chi connectivity index (χ1v) is 17.6. The van der Waals surface area contributed by atoms with E-state index in [4.69, 9.17) is 9.97 Å². The highest BCUT2D eigenvalue weighted by Crippen LogP contribution is 2.46. The van der Waals surface area contributed by atoms with Crippen molar-refractivity contribution in [3.8, 4) is 39.6 Å². The Hall–Kier alpha value is -7.04. The quantitative estimate of drug-likeness (QED) is 0.184. The second-order valence-corrected chi connectivity index (χ2v) is 13.1. The molecule has 1 aliphatic rings. The molecule has 0 N–H and O–H groups in total. The van der Waals surface area contributed by atoms with Crippen LogP contribution in [0, 0.1) is 0 Å². The summed E-state index contributed by atoms with van der Waals surface area (Å²) in [7, 11) is 0. The van der Waals surface area contributed by atoms with Crippen LogP contribution in [-0.4, -0.2) is 14.5 Å². The molecule has 0 saturated carbocycles. The van der Waals surface area contributed by atoms with Crippen molar-refractivity contribution in [2.75, 3.05) is 4.90 Å². The number of aromatic nitrogens is 3. The summed E-state index contributed by atoms with van der Waals surface area (Å²) in [5.74, 6) is 0.704. The van der Waals surface area contributed by atoms with E-state index in [9.17, 15) is 0 Å². The second-order valence-electron chi connectivity index (χ2n) is 13.1. The second kappa shape index (κ2) is 12.4. The monoisotopic (exact) mass is 664 g/mol. The summed E-state index contributed by atoms with van der Waals surface area (Å²) in [6.07, 6.45) is 4.55. The van der Waals surface area contributed by atoms with Crippen LogP contribution < -0.4 is 4.90 Å². The van der Waals surface area contributed by atoms with Crippen molar-refractivity contribution in [2.45, 2.75) is 0 Å². The van der Waals surface area contributed by atoms with E-state index < -0.39 is 0 Å². The van der Waals surface area contributed by atoms with Gasteiger partial charge in [-0.1, -0.05) is 146 Å². The minimum atomic E-state index is 0.704. The van der Waals surface area contributed by atoms with E-state index in [0.29, 0.717) is 5.82 Å². The topological polar surface area (TPSA) is 34.0 Å². The third kappa shape index (κ3) is 5.00. The average Bonchev–Trinajstić information content (AvgIpc) is 3.46. The maximum absolute atomic E-state index is 5.16. The predicted octanol–water partition coefficient (Wildman–Crippen LogP) is 12.5. The number of hydrogen-bond donors (Lipinski definition) is 0. The first-order chi connectivity index (χ1) is 25.8. The normalized spacial score (nSPS) is 12.1. The van der Waals surface area contributed by atoms with Gasteiger partial charge < -0.3 is 9.47 Å². The van der Waals surface area contributed by atoms with Crippen molar-refractivity contribution < 1.29 is 0 Å². The fourth-order valence-corrected chi connectivity index (χ4v) is 7.56. The Bertz CT molecular complexity index is 2730. The lowest BCUT2D eigenvalue weighted by atomic mass is 10.0. The molecule has 4 heteroatoms. The molecule has 0 aliphatic carbocycles. The number of rotatable bonds is 5. The van der Waals surface area contributed by atoms with Crippen LogP contribution >= 0.6 is 0 Å². The lowest BCUT2D eigenvalue weighted by Gasteiger charge is -2.27. The summed E-state index contributed by atoms with van der Waals surface area (Å²) in [6, 6.07) is 64.0. The van der Waals surface area contributed by atoms with Crippen LogP contribution in [0.5, 0.6) is 0 Å². The Balaban J connectivity index is 1.22. The van der Waals surface area contributed by atoms with Crippen LogP contribution in [0.1, 0.15) is 11.1 Å². The molecule has 0 unspecified atom stereocenters. The van der Waals surface area contributed by atoms with Crippen LogP contribution in [0.25, 0.3) is 73.5 Å². The van der Waals surface area contributed by atoms with Crippen molar-refractivity contribution in [1.29, 1.82) is 0 Å². The Morgan fingerprint density at radius 1 is 0.404 bits per heavy atom. The summed E-state index contributed by atoms with van der Waals surface area (Å²) in [5.41, 5.74) is 14.0. The van der Waals surface area contributed by atoms with Crippen molar-refractivity contribution in [3.05, 3.63) is 193 Å². The van der Waals surface area contributed by atoms with Crippen LogP contribution in [-0.2, 0) is 0 Å². The standard InChI is InChI=1S/C48H32N4/c1-4-15-33(16-5-1)42-32-43(50-48(49-42)35-18-6-2-7-19-35)36-20-14-23-38(31-36)52-45-26-13-11-24-39(45)40-29-30-46-41(47(40)52)28-27-34-17-10-12-25-44(34)51(46)37-21-8-3-9-22-37/h1-32H. The van der Waals surface area contributed by atoms with Gasteiger partial charge in [-0.25, -0.2) is 9.97 Å². The molecule has 10 rings (SSSR count). The van der Waals surface area contributed by atoms with Gasteiger partial charge in [0.2, 0.25) is 0 Å². The SMILES string of the molecule is C1=Cc2c(ccc3c4ccccc4n(-c4cccc(-c5cc(-c6ccccc6)nc(-c6ccccc6)n5)c4)c23)N(c2ccccc2)c2ccccc21. The van der Waals surface area contributed by atoms with E-state index in [1.807, 2.05) is 24.3 Å². The van der Waals surface area contributed by atoms with E-state index in [1.165, 1.54) is 27.4 Å². The van der Waals surface area contributed by atoms with Crippen molar-refractivity contribution >= 4 is 51.0 Å². The Kier molecular flexibility index (Phi) is 7.10. The number of hydrogen-bond acceptors (Lipinski definition) is 3. The lowest BCUT2D eigenvalue weighted by Crippen LogP contribution is -2.12. The van der Waals surface area contributed by atoms with Crippen LogP contribution in [0.15, 0.2) is 182 Å². The van der Waals surface area contributed by atoms with Crippen molar-refractivity contribution in [2.24, 2.45) is 0 Å². The predicted molar refractivity (Wildman–Crippen MR) is 216 cm³/mol. The molecule has 7 aromatic carbocycles. The molecule has 3 heterocycles. The fraction of sp³-hybridized carbons (Fsp3) is 0. The number of benzene rings is 7. The highest BCUT2D eigenvalue weighted by Gasteiger charge is 2.24. The molecule has 0 saturated heterocycles. The van der Waals surface area contributed by atoms with Gasteiger partial charge in [-0.15, -0.1) is 0 Å². The van der Waals surface area contributed by atoms with Gasteiger partial charge in [0.05, 0.1) is 33.8 Å². The highest BCUT2D eigenvalue weighted by molar-refractivity contribution is 6.15. The summed E-state index contributed by atoms with van der Waals surface area (Å²) in [4.78, 5) is 12.6. The summed E-state index contributed by atoms with van der Waals surface area (Å²) < 4.78 is 2.42. The molecule has 0 radical (unpaired) electrons. The lowest BCUT2D eigenvalue weighted by molar-refractivity contribution is 1.16. The molecular weight excluding hydrogens is 633 g/mol. The summed E-state index contributed by atoms with van der Waals surface area (Å²) in [5, 5.41) is 2.43. The maximum Gasteiger partial charge on any atom is 0.160 e. The molecule has 52 heavy (non-hydrogen) atoms. The van der Waals surface area contributed by atoms with Crippen LogP contribution in [0.3, 0.4) is 0 Å². The van der Waals surface area contributed by atoms with Gasteiger partial charge in [-0.05, 0) is 54.1 Å². The molecule has 4 nitrogen and oxygen atoms in total. The van der Waals surface area contributed by atoms with Gasteiger partial charge >= 0.3 is 0 Å². The third-order valence-electron chi connectivity index (χ3n) is 9.94.